The van der Waals surface area contributed by atoms with E-state index in [1.165, 1.54) is 0 Å². The van der Waals surface area contributed by atoms with Crippen molar-refractivity contribution in [1.82, 2.24) is 4.90 Å². The van der Waals surface area contributed by atoms with Gasteiger partial charge in [0.1, 0.15) is 6.04 Å². The second kappa shape index (κ2) is 7.58. The summed E-state index contributed by atoms with van der Waals surface area (Å²) < 4.78 is 0.913. The largest absolute Gasteiger partial charge is 0.327 e. The van der Waals surface area contributed by atoms with Gasteiger partial charge in [-0.15, -0.1) is 0 Å². The normalized spacial score (nSPS) is 16.8. The van der Waals surface area contributed by atoms with E-state index in [2.05, 4.69) is 21.2 Å². The van der Waals surface area contributed by atoms with Gasteiger partial charge < -0.3 is 10.2 Å². The Morgan fingerprint density at radius 1 is 1.20 bits per heavy atom. The van der Waals surface area contributed by atoms with E-state index in [4.69, 9.17) is 11.6 Å². The lowest BCUT2D eigenvalue weighted by Gasteiger charge is -2.24. The van der Waals surface area contributed by atoms with E-state index in [0.717, 1.165) is 16.5 Å². The molecule has 2 aromatic carbocycles. The lowest BCUT2D eigenvalue weighted by Crippen LogP contribution is -2.43. The van der Waals surface area contributed by atoms with Crippen molar-refractivity contribution in [3.05, 3.63) is 63.1 Å². The maximum absolute atomic E-state index is 12.7. The van der Waals surface area contributed by atoms with Crippen molar-refractivity contribution in [1.29, 1.82) is 0 Å². The second-order valence-electron chi connectivity index (χ2n) is 6.12. The highest BCUT2D eigenvalue weighted by Crippen LogP contribution is 2.24. The average molecular weight is 422 g/mol. The standard InChI is InChI=1S/C19H18BrClN2O2/c1-12-4-9-15(11-16(12)21)22-18(24)17-3-2-10-23(17)19(25)13-5-7-14(20)8-6-13/h4-9,11,17H,2-3,10H2,1H3,(H,22,24). The van der Waals surface area contributed by atoms with E-state index in [-0.39, 0.29) is 11.8 Å². The first-order chi connectivity index (χ1) is 12.0. The van der Waals surface area contributed by atoms with Gasteiger partial charge >= 0.3 is 0 Å². The monoisotopic (exact) mass is 420 g/mol. The highest BCUT2D eigenvalue weighted by atomic mass is 79.9. The molecule has 1 aliphatic heterocycles. The number of likely N-dealkylation sites (tertiary alicyclic amines) is 1. The highest BCUT2D eigenvalue weighted by Gasteiger charge is 2.34. The van der Waals surface area contributed by atoms with Crippen LogP contribution in [0.1, 0.15) is 28.8 Å². The fourth-order valence-corrected chi connectivity index (χ4v) is 3.38. The Labute approximate surface area is 160 Å². The Hall–Kier alpha value is -1.85. The fourth-order valence-electron chi connectivity index (χ4n) is 2.94. The summed E-state index contributed by atoms with van der Waals surface area (Å²) in [4.78, 5) is 27.0. The molecule has 1 heterocycles. The van der Waals surface area contributed by atoms with Gasteiger partial charge in [0.2, 0.25) is 5.91 Å². The van der Waals surface area contributed by atoms with Crippen molar-refractivity contribution in [3.63, 3.8) is 0 Å². The molecule has 0 aromatic heterocycles. The highest BCUT2D eigenvalue weighted by molar-refractivity contribution is 9.10. The zero-order valence-electron chi connectivity index (χ0n) is 13.8. The summed E-state index contributed by atoms with van der Waals surface area (Å²) in [7, 11) is 0. The summed E-state index contributed by atoms with van der Waals surface area (Å²) in [5, 5.41) is 3.48. The molecule has 0 saturated carbocycles. The number of carbonyl (C=O) groups is 2. The number of hydrogen-bond acceptors (Lipinski definition) is 2. The van der Waals surface area contributed by atoms with Gasteiger partial charge in [-0.25, -0.2) is 0 Å². The summed E-state index contributed by atoms with van der Waals surface area (Å²) in [5.41, 5.74) is 2.18. The van der Waals surface area contributed by atoms with Gasteiger partial charge in [-0.3, -0.25) is 9.59 Å². The third-order valence-corrected chi connectivity index (χ3v) is 5.28. The molecule has 2 aromatic rings. The summed E-state index contributed by atoms with van der Waals surface area (Å²) in [6.45, 7) is 2.49. The Morgan fingerprint density at radius 3 is 2.60 bits per heavy atom. The van der Waals surface area contributed by atoms with Gasteiger partial charge in [-0.1, -0.05) is 33.6 Å². The van der Waals surface area contributed by atoms with Crippen LogP contribution in [0.3, 0.4) is 0 Å². The van der Waals surface area contributed by atoms with E-state index in [0.29, 0.717) is 29.2 Å². The number of carbonyl (C=O) groups excluding carboxylic acids is 2. The molecule has 1 atom stereocenters. The second-order valence-corrected chi connectivity index (χ2v) is 7.44. The molecule has 1 unspecified atom stereocenters. The van der Waals surface area contributed by atoms with E-state index in [9.17, 15) is 9.59 Å². The van der Waals surface area contributed by atoms with Crippen molar-refractivity contribution in [2.45, 2.75) is 25.8 Å². The number of rotatable bonds is 3. The first-order valence-electron chi connectivity index (χ1n) is 8.09. The minimum absolute atomic E-state index is 0.118. The predicted molar refractivity (Wildman–Crippen MR) is 103 cm³/mol. The van der Waals surface area contributed by atoms with Gasteiger partial charge in [0.25, 0.3) is 5.91 Å². The van der Waals surface area contributed by atoms with Crippen molar-refractivity contribution in [3.8, 4) is 0 Å². The molecule has 2 amide bonds. The van der Waals surface area contributed by atoms with Gasteiger partial charge in [-0.05, 0) is 61.7 Å². The Balaban J connectivity index is 1.74. The van der Waals surface area contributed by atoms with Gasteiger partial charge in [0.05, 0.1) is 0 Å². The SMILES string of the molecule is Cc1ccc(NC(=O)C2CCCN2C(=O)c2ccc(Br)cc2)cc1Cl. The molecule has 25 heavy (non-hydrogen) atoms. The van der Waals surface area contributed by atoms with E-state index < -0.39 is 6.04 Å². The molecule has 1 saturated heterocycles. The Morgan fingerprint density at radius 2 is 1.92 bits per heavy atom. The summed E-state index contributed by atoms with van der Waals surface area (Å²) in [5.74, 6) is -0.296. The smallest absolute Gasteiger partial charge is 0.254 e. The van der Waals surface area contributed by atoms with Crippen LogP contribution in [0, 0.1) is 6.92 Å². The number of nitrogens with zero attached hydrogens (tertiary/aromatic N) is 1. The van der Waals surface area contributed by atoms with Crippen LogP contribution in [0.4, 0.5) is 5.69 Å². The molecule has 1 fully saturated rings. The number of anilines is 1. The zero-order valence-corrected chi connectivity index (χ0v) is 16.1. The number of hydrogen-bond donors (Lipinski definition) is 1. The van der Waals surface area contributed by atoms with Crippen LogP contribution >= 0.6 is 27.5 Å². The zero-order chi connectivity index (χ0) is 18.0. The van der Waals surface area contributed by atoms with E-state index in [1.54, 1.807) is 23.1 Å². The summed E-state index contributed by atoms with van der Waals surface area (Å²) >= 11 is 9.47. The summed E-state index contributed by atoms with van der Waals surface area (Å²) in [6.07, 6.45) is 1.47. The maximum Gasteiger partial charge on any atom is 0.254 e. The van der Waals surface area contributed by atoms with Crippen LogP contribution in [0.2, 0.25) is 5.02 Å². The maximum atomic E-state index is 12.7. The molecule has 3 rings (SSSR count). The summed E-state index contributed by atoms with van der Waals surface area (Å²) in [6, 6.07) is 12.1. The van der Waals surface area contributed by atoms with Gasteiger partial charge in [0, 0.05) is 27.3 Å². The predicted octanol–water partition coefficient (Wildman–Crippen LogP) is 4.65. The van der Waals surface area contributed by atoms with Crippen molar-refractivity contribution < 1.29 is 9.59 Å². The Bertz CT molecular complexity index is 808. The minimum Gasteiger partial charge on any atom is -0.327 e. The molecule has 4 nitrogen and oxygen atoms in total. The number of nitrogens with one attached hydrogen (secondary N) is 1. The van der Waals surface area contributed by atoms with Gasteiger partial charge in [0.15, 0.2) is 0 Å². The van der Waals surface area contributed by atoms with Crippen molar-refractivity contribution in [2.24, 2.45) is 0 Å². The first kappa shape index (κ1) is 18.0. The molecule has 0 aliphatic carbocycles. The lowest BCUT2D eigenvalue weighted by atomic mass is 10.1. The van der Waals surface area contributed by atoms with Crippen LogP contribution < -0.4 is 5.32 Å². The number of amides is 2. The van der Waals surface area contributed by atoms with Crippen LogP contribution in [0.25, 0.3) is 0 Å². The van der Waals surface area contributed by atoms with Crippen molar-refractivity contribution in [2.75, 3.05) is 11.9 Å². The Kier molecular flexibility index (Phi) is 5.45. The molecule has 0 bridgehead atoms. The molecule has 6 heteroatoms. The average Bonchev–Trinajstić information content (AvgIpc) is 3.08. The lowest BCUT2D eigenvalue weighted by molar-refractivity contribution is -0.119. The third kappa shape index (κ3) is 4.05. The van der Waals surface area contributed by atoms with E-state index in [1.807, 2.05) is 31.2 Å². The molecular formula is C19H18BrClN2O2. The first-order valence-corrected chi connectivity index (χ1v) is 9.26. The molecule has 1 N–H and O–H groups in total. The van der Waals surface area contributed by atoms with Gasteiger partial charge in [-0.2, -0.15) is 0 Å². The quantitative estimate of drug-likeness (QED) is 0.784. The minimum atomic E-state index is -0.462. The number of benzene rings is 2. The van der Waals surface area contributed by atoms with E-state index >= 15 is 0 Å². The van der Waals surface area contributed by atoms with Crippen LogP contribution in [0.15, 0.2) is 46.9 Å². The molecule has 0 radical (unpaired) electrons. The van der Waals surface area contributed by atoms with Crippen molar-refractivity contribution >= 4 is 45.0 Å². The van der Waals surface area contributed by atoms with Crippen LogP contribution in [-0.2, 0) is 4.79 Å². The molecular weight excluding hydrogens is 404 g/mol. The molecule has 1 aliphatic rings. The molecule has 0 spiro atoms. The molecule has 130 valence electrons. The topological polar surface area (TPSA) is 49.4 Å². The fraction of sp³-hybridized carbons (Fsp3) is 0.263. The number of aryl methyl sites for hydroxylation is 1. The van der Waals surface area contributed by atoms with Crippen LogP contribution in [0.5, 0.6) is 0 Å². The third-order valence-electron chi connectivity index (χ3n) is 4.35. The van der Waals surface area contributed by atoms with Crippen LogP contribution in [-0.4, -0.2) is 29.3 Å². The number of halogens is 2.